The largest absolute Gasteiger partial charge is 0.489 e. The smallest absolute Gasteiger partial charge is 0.146 e. The molecule has 0 spiro atoms. The average Bonchev–Trinajstić information content (AvgIpc) is 3.01. The summed E-state index contributed by atoms with van der Waals surface area (Å²) >= 11 is 1.59. The molecule has 2 aromatic heterocycles. The first kappa shape index (κ1) is 17.8. The molecular formula is C19H24N4OS. The highest BCUT2D eigenvalue weighted by Crippen LogP contribution is 2.36. The van der Waals surface area contributed by atoms with Crippen LogP contribution in [0.15, 0.2) is 29.9 Å². The van der Waals surface area contributed by atoms with Crippen LogP contribution in [0.2, 0.25) is 0 Å². The van der Waals surface area contributed by atoms with E-state index in [1.165, 1.54) is 0 Å². The number of aryl methyl sites for hydroxylation is 1. The van der Waals surface area contributed by atoms with Gasteiger partial charge in [0.1, 0.15) is 23.7 Å². The molecule has 0 radical (unpaired) electrons. The van der Waals surface area contributed by atoms with Crippen LogP contribution in [0.5, 0.6) is 5.75 Å². The van der Waals surface area contributed by atoms with Gasteiger partial charge >= 0.3 is 0 Å². The fraction of sp³-hybridized carbons (Fsp3) is 0.421. The standard InChI is InChI=1S/C19H24N4OS/c1-12(2)9-19(4,20)10-24-16-6-5-14(18-17(16)22-11-25-18)15-7-8-21-13(3)23-15/h5-8,11-12H,9-10,20H2,1-4H3/t19-/m0/s1. The molecule has 5 nitrogen and oxygen atoms in total. The zero-order valence-corrected chi connectivity index (χ0v) is 15.9. The van der Waals surface area contributed by atoms with Crippen molar-refractivity contribution in [2.45, 2.75) is 39.7 Å². The molecule has 2 heterocycles. The van der Waals surface area contributed by atoms with Crippen LogP contribution in [-0.2, 0) is 0 Å². The predicted octanol–water partition coefficient (Wildman–Crippen LogP) is 4.20. The van der Waals surface area contributed by atoms with Gasteiger partial charge in [-0.15, -0.1) is 11.3 Å². The second kappa shape index (κ2) is 7.06. The van der Waals surface area contributed by atoms with Gasteiger partial charge in [0.15, 0.2) is 0 Å². The molecule has 0 saturated carbocycles. The first-order chi connectivity index (χ1) is 11.9. The van der Waals surface area contributed by atoms with Crippen molar-refractivity contribution in [3.63, 3.8) is 0 Å². The number of thiazole rings is 1. The summed E-state index contributed by atoms with van der Waals surface area (Å²) in [6.45, 7) is 8.72. The van der Waals surface area contributed by atoms with Crippen molar-refractivity contribution in [1.82, 2.24) is 15.0 Å². The lowest BCUT2D eigenvalue weighted by Crippen LogP contribution is -2.43. The number of fused-ring (bicyclic) bond motifs is 1. The molecule has 0 bridgehead atoms. The maximum absolute atomic E-state index is 6.36. The van der Waals surface area contributed by atoms with Crippen LogP contribution in [-0.4, -0.2) is 27.1 Å². The van der Waals surface area contributed by atoms with Crippen molar-refractivity contribution >= 4 is 21.6 Å². The molecule has 132 valence electrons. The minimum atomic E-state index is -0.362. The summed E-state index contributed by atoms with van der Waals surface area (Å²) in [5, 5.41) is 0. The highest BCUT2D eigenvalue weighted by atomic mass is 32.1. The summed E-state index contributed by atoms with van der Waals surface area (Å²) < 4.78 is 7.11. The van der Waals surface area contributed by atoms with E-state index < -0.39 is 0 Å². The molecular weight excluding hydrogens is 332 g/mol. The van der Waals surface area contributed by atoms with E-state index in [9.17, 15) is 0 Å². The zero-order valence-electron chi connectivity index (χ0n) is 15.1. The van der Waals surface area contributed by atoms with Gasteiger partial charge in [0.25, 0.3) is 0 Å². The molecule has 0 fully saturated rings. The molecule has 3 aromatic rings. The van der Waals surface area contributed by atoms with Gasteiger partial charge in [0.05, 0.1) is 15.9 Å². The molecule has 6 heteroatoms. The van der Waals surface area contributed by atoms with Gasteiger partial charge in [-0.1, -0.05) is 13.8 Å². The lowest BCUT2D eigenvalue weighted by molar-refractivity contribution is 0.208. The van der Waals surface area contributed by atoms with Crippen molar-refractivity contribution in [2.24, 2.45) is 11.7 Å². The third kappa shape index (κ3) is 4.14. The van der Waals surface area contributed by atoms with Crippen LogP contribution < -0.4 is 10.5 Å². The van der Waals surface area contributed by atoms with Gasteiger partial charge in [-0.3, -0.25) is 0 Å². The van der Waals surface area contributed by atoms with E-state index in [2.05, 4.69) is 28.8 Å². The third-order valence-corrected chi connectivity index (χ3v) is 4.79. The Hall–Kier alpha value is -2.05. The van der Waals surface area contributed by atoms with Crippen LogP contribution >= 0.6 is 11.3 Å². The van der Waals surface area contributed by atoms with Crippen LogP contribution in [0.1, 0.15) is 33.0 Å². The van der Waals surface area contributed by atoms with Crippen molar-refractivity contribution in [3.8, 4) is 17.0 Å². The maximum atomic E-state index is 6.36. The fourth-order valence-corrected chi connectivity index (χ4v) is 3.91. The van der Waals surface area contributed by atoms with E-state index in [0.717, 1.165) is 39.5 Å². The average molecular weight is 356 g/mol. The molecule has 1 atom stereocenters. The molecule has 0 saturated heterocycles. The summed E-state index contributed by atoms with van der Waals surface area (Å²) in [7, 11) is 0. The Morgan fingerprint density at radius 3 is 2.76 bits per heavy atom. The lowest BCUT2D eigenvalue weighted by Gasteiger charge is -2.26. The normalized spacial score (nSPS) is 14.0. The van der Waals surface area contributed by atoms with E-state index in [-0.39, 0.29) is 5.54 Å². The Labute approximate surface area is 152 Å². The Morgan fingerprint density at radius 2 is 2.04 bits per heavy atom. The van der Waals surface area contributed by atoms with Crippen molar-refractivity contribution in [3.05, 3.63) is 35.7 Å². The highest BCUT2D eigenvalue weighted by Gasteiger charge is 2.22. The van der Waals surface area contributed by atoms with E-state index >= 15 is 0 Å². The molecule has 1 aromatic carbocycles. The molecule has 25 heavy (non-hydrogen) atoms. The van der Waals surface area contributed by atoms with Gasteiger partial charge in [0, 0.05) is 17.3 Å². The molecule has 3 rings (SSSR count). The Bertz CT molecular complexity index is 873. The van der Waals surface area contributed by atoms with Gasteiger partial charge < -0.3 is 10.5 Å². The molecule has 2 N–H and O–H groups in total. The van der Waals surface area contributed by atoms with Crippen molar-refractivity contribution < 1.29 is 4.74 Å². The van der Waals surface area contributed by atoms with Crippen molar-refractivity contribution in [2.75, 3.05) is 6.61 Å². The lowest BCUT2D eigenvalue weighted by atomic mass is 9.93. The first-order valence-corrected chi connectivity index (χ1v) is 9.31. The monoisotopic (exact) mass is 356 g/mol. The number of hydrogen-bond donors (Lipinski definition) is 1. The maximum Gasteiger partial charge on any atom is 0.146 e. The SMILES string of the molecule is Cc1nccc(-c2ccc(OC[C@@](C)(N)CC(C)C)c3ncsc23)n1. The van der Waals surface area contributed by atoms with Crippen molar-refractivity contribution in [1.29, 1.82) is 0 Å². The van der Waals surface area contributed by atoms with Crippen LogP contribution in [0.25, 0.3) is 21.5 Å². The minimum absolute atomic E-state index is 0.362. The number of rotatable bonds is 6. The number of benzene rings is 1. The minimum Gasteiger partial charge on any atom is -0.489 e. The number of ether oxygens (including phenoxy) is 1. The first-order valence-electron chi connectivity index (χ1n) is 8.43. The van der Waals surface area contributed by atoms with E-state index in [1.54, 1.807) is 17.5 Å². The highest BCUT2D eigenvalue weighted by molar-refractivity contribution is 7.17. The van der Waals surface area contributed by atoms with E-state index in [1.807, 2.05) is 37.6 Å². The zero-order chi connectivity index (χ0) is 18.0. The molecule has 0 amide bonds. The second-order valence-electron chi connectivity index (χ2n) is 7.17. The van der Waals surface area contributed by atoms with Gasteiger partial charge in [-0.25, -0.2) is 15.0 Å². The number of aromatic nitrogens is 3. The molecule has 0 aliphatic rings. The molecule has 0 aliphatic heterocycles. The summed E-state index contributed by atoms with van der Waals surface area (Å²) in [5.41, 5.74) is 10.6. The number of hydrogen-bond acceptors (Lipinski definition) is 6. The quantitative estimate of drug-likeness (QED) is 0.716. The fourth-order valence-electron chi connectivity index (χ4n) is 3.08. The van der Waals surface area contributed by atoms with Gasteiger partial charge in [-0.2, -0.15) is 0 Å². The van der Waals surface area contributed by atoms with Gasteiger partial charge in [0.2, 0.25) is 0 Å². The summed E-state index contributed by atoms with van der Waals surface area (Å²) in [6, 6.07) is 5.91. The summed E-state index contributed by atoms with van der Waals surface area (Å²) in [6.07, 6.45) is 2.69. The van der Waals surface area contributed by atoms with Gasteiger partial charge in [-0.05, 0) is 44.4 Å². The molecule has 0 aliphatic carbocycles. The van der Waals surface area contributed by atoms with Crippen LogP contribution in [0.4, 0.5) is 0 Å². The summed E-state index contributed by atoms with van der Waals surface area (Å²) in [5.74, 6) is 2.05. The van der Waals surface area contributed by atoms with Crippen LogP contribution in [0.3, 0.4) is 0 Å². The topological polar surface area (TPSA) is 73.9 Å². The molecule has 0 unspecified atom stereocenters. The third-order valence-electron chi connectivity index (χ3n) is 3.93. The Morgan fingerprint density at radius 1 is 1.24 bits per heavy atom. The van der Waals surface area contributed by atoms with E-state index in [0.29, 0.717) is 12.5 Å². The predicted molar refractivity (Wildman–Crippen MR) is 103 cm³/mol. The Balaban J connectivity index is 1.90. The number of nitrogens with two attached hydrogens (primary N) is 1. The van der Waals surface area contributed by atoms with Crippen LogP contribution in [0, 0.1) is 12.8 Å². The van der Waals surface area contributed by atoms with E-state index in [4.69, 9.17) is 10.5 Å². The summed E-state index contributed by atoms with van der Waals surface area (Å²) in [4.78, 5) is 13.2. The Kier molecular flexibility index (Phi) is 5.01. The second-order valence-corrected chi connectivity index (χ2v) is 8.03. The number of nitrogens with zero attached hydrogens (tertiary/aromatic N) is 3.